The molecule has 0 unspecified atom stereocenters. The first-order valence-corrected chi connectivity index (χ1v) is 11.1. The monoisotopic (exact) mass is 494 g/mol. The number of nitrogens with one attached hydrogen (secondary N) is 2. The minimum absolute atomic E-state index is 0.170. The van der Waals surface area contributed by atoms with Gasteiger partial charge in [-0.3, -0.25) is 9.89 Å². The molecule has 31 heavy (non-hydrogen) atoms. The van der Waals surface area contributed by atoms with Gasteiger partial charge in [-0.05, 0) is 23.8 Å². The second kappa shape index (κ2) is 9.80. The number of aromatic amines is 1. The van der Waals surface area contributed by atoms with Crippen molar-refractivity contribution < 1.29 is 9.53 Å². The van der Waals surface area contributed by atoms with Crippen LogP contribution in [0.15, 0.2) is 88.5 Å². The zero-order chi connectivity index (χ0) is 21.6. The first kappa shape index (κ1) is 21.1. The summed E-state index contributed by atoms with van der Waals surface area (Å²) in [6.45, 7) is 0. The van der Waals surface area contributed by atoms with E-state index in [1.54, 1.807) is 13.2 Å². The SMILES string of the molecule is COc1cccc(NC(=O)[C@H](Sc2n[nH]c(-c3ccccc3Br)n2)c2ccccc2)c1. The van der Waals surface area contributed by atoms with Crippen LogP contribution in [0.4, 0.5) is 5.69 Å². The Hall–Kier alpha value is -3.10. The molecule has 0 saturated carbocycles. The molecular formula is C23H19BrN4O2S. The molecule has 4 aromatic rings. The number of ether oxygens (including phenoxy) is 1. The van der Waals surface area contributed by atoms with E-state index in [4.69, 9.17) is 4.74 Å². The lowest BCUT2D eigenvalue weighted by atomic mass is 10.1. The Morgan fingerprint density at radius 3 is 2.61 bits per heavy atom. The van der Waals surface area contributed by atoms with Crippen molar-refractivity contribution in [1.29, 1.82) is 0 Å². The third kappa shape index (κ3) is 5.15. The highest BCUT2D eigenvalue weighted by atomic mass is 79.9. The van der Waals surface area contributed by atoms with Crippen LogP contribution in [-0.2, 0) is 4.79 Å². The Kier molecular flexibility index (Phi) is 6.69. The number of nitrogens with zero attached hydrogens (tertiary/aromatic N) is 2. The van der Waals surface area contributed by atoms with Crippen LogP contribution < -0.4 is 10.1 Å². The normalized spacial score (nSPS) is 11.7. The van der Waals surface area contributed by atoms with Gasteiger partial charge in [0.2, 0.25) is 11.1 Å². The summed E-state index contributed by atoms with van der Waals surface area (Å²) >= 11 is 4.82. The van der Waals surface area contributed by atoms with Gasteiger partial charge in [-0.25, -0.2) is 4.98 Å². The Balaban J connectivity index is 1.59. The highest BCUT2D eigenvalue weighted by Crippen LogP contribution is 2.36. The fourth-order valence-electron chi connectivity index (χ4n) is 2.99. The number of hydrogen-bond acceptors (Lipinski definition) is 5. The summed E-state index contributed by atoms with van der Waals surface area (Å²) < 4.78 is 6.16. The summed E-state index contributed by atoms with van der Waals surface area (Å²) in [5, 5.41) is 10.2. The summed E-state index contributed by atoms with van der Waals surface area (Å²) in [7, 11) is 1.59. The van der Waals surface area contributed by atoms with E-state index >= 15 is 0 Å². The van der Waals surface area contributed by atoms with Gasteiger partial charge >= 0.3 is 0 Å². The molecule has 0 radical (unpaired) electrons. The van der Waals surface area contributed by atoms with Gasteiger partial charge in [0.25, 0.3) is 0 Å². The number of methoxy groups -OCH3 is 1. The van der Waals surface area contributed by atoms with Crippen molar-refractivity contribution in [3.63, 3.8) is 0 Å². The number of hydrogen-bond donors (Lipinski definition) is 2. The average Bonchev–Trinajstić information content (AvgIpc) is 3.27. The van der Waals surface area contributed by atoms with Crippen LogP contribution in [0.5, 0.6) is 5.75 Å². The molecule has 2 N–H and O–H groups in total. The van der Waals surface area contributed by atoms with E-state index in [0.29, 0.717) is 22.4 Å². The second-order valence-corrected chi connectivity index (χ2v) is 8.50. The van der Waals surface area contributed by atoms with Crippen LogP contribution >= 0.6 is 27.7 Å². The minimum Gasteiger partial charge on any atom is -0.497 e. The van der Waals surface area contributed by atoms with Crippen LogP contribution in [0.3, 0.4) is 0 Å². The van der Waals surface area contributed by atoms with Gasteiger partial charge in [0.05, 0.1) is 7.11 Å². The largest absolute Gasteiger partial charge is 0.497 e. The average molecular weight is 495 g/mol. The number of benzene rings is 3. The molecule has 1 aromatic heterocycles. The molecular weight excluding hydrogens is 476 g/mol. The Bertz CT molecular complexity index is 1180. The van der Waals surface area contributed by atoms with Crippen molar-refractivity contribution in [3.05, 3.63) is 88.9 Å². The van der Waals surface area contributed by atoms with Crippen LogP contribution in [0.25, 0.3) is 11.4 Å². The molecule has 0 fully saturated rings. The summed E-state index contributed by atoms with van der Waals surface area (Å²) in [6, 6.07) is 24.6. The molecule has 0 aliphatic carbocycles. The van der Waals surface area contributed by atoms with Crippen molar-refractivity contribution in [3.8, 4) is 17.1 Å². The number of halogens is 1. The molecule has 0 bridgehead atoms. The zero-order valence-electron chi connectivity index (χ0n) is 16.6. The Morgan fingerprint density at radius 1 is 1.06 bits per heavy atom. The van der Waals surface area contributed by atoms with E-state index < -0.39 is 5.25 Å². The van der Waals surface area contributed by atoms with E-state index in [1.165, 1.54) is 11.8 Å². The number of anilines is 1. The van der Waals surface area contributed by atoms with E-state index in [2.05, 4.69) is 36.4 Å². The van der Waals surface area contributed by atoms with Gasteiger partial charge in [0.15, 0.2) is 5.82 Å². The fourth-order valence-corrected chi connectivity index (χ4v) is 4.37. The third-order valence-electron chi connectivity index (χ3n) is 4.49. The highest BCUT2D eigenvalue weighted by Gasteiger charge is 2.24. The molecule has 0 aliphatic heterocycles. The summed E-state index contributed by atoms with van der Waals surface area (Å²) in [5.41, 5.74) is 2.42. The van der Waals surface area contributed by atoms with Gasteiger partial charge in [-0.15, -0.1) is 5.10 Å². The van der Waals surface area contributed by atoms with Crippen LogP contribution in [0.2, 0.25) is 0 Å². The topological polar surface area (TPSA) is 79.9 Å². The number of aromatic nitrogens is 3. The van der Waals surface area contributed by atoms with Crippen LogP contribution in [0, 0.1) is 0 Å². The molecule has 0 aliphatic rings. The third-order valence-corrected chi connectivity index (χ3v) is 6.30. The maximum Gasteiger partial charge on any atom is 0.242 e. The summed E-state index contributed by atoms with van der Waals surface area (Å²) in [4.78, 5) is 17.8. The lowest BCUT2D eigenvalue weighted by Crippen LogP contribution is -2.19. The molecule has 4 rings (SSSR count). The maximum absolute atomic E-state index is 13.2. The molecule has 6 nitrogen and oxygen atoms in total. The van der Waals surface area contributed by atoms with E-state index in [1.807, 2.05) is 72.8 Å². The molecule has 0 spiro atoms. The first-order chi connectivity index (χ1) is 15.1. The molecule has 3 aromatic carbocycles. The molecule has 1 heterocycles. The van der Waals surface area contributed by atoms with Crippen LogP contribution in [-0.4, -0.2) is 28.2 Å². The standard InChI is InChI=1S/C23H19BrN4O2S/c1-30-17-11-7-10-16(14-17)25-22(29)20(15-8-3-2-4-9-15)31-23-26-21(27-28-23)18-12-5-6-13-19(18)24/h2-14,20H,1H3,(H,25,29)(H,26,27,28)/t20-/m1/s1. The molecule has 0 saturated heterocycles. The molecule has 1 amide bonds. The predicted molar refractivity (Wildman–Crippen MR) is 126 cm³/mol. The number of carbonyl (C=O) groups is 1. The number of carbonyl (C=O) groups excluding carboxylic acids is 1. The van der Waals surface area contributed by atoms with Crippen molar-refractivity contribution in [2.45, 2.75) is 10.4 Å². The van der Waals surface area contributed by atoms with Gasteiger partial charge in [-0.2, -0.15) is 0 Å². The van der Waals surface area contributed by atoms with Crippen molar-refractivity contribution in [1.82, 2.24) is 15.2 Å². The number of rotatable bonds is 7. The zero-order valence-corrected chi connectivity index (χ0v) is 19.0. The number of amides is 1. The van der Waals surface area contributed by atoms with Crippen molar-refractivity contribution >= 4 is 39.3 Å². The van der Waals surface area contributed by atoms with Gasteiger partial charge in [-0.1, -0.05) is 82.3 Å². The lowest BCUT2D eigenvalue weighted by Gasteiger charge is -2.16. The second-order valence-electron chi connectivity index (χ2n) is 6.58. The predicted octanol–water partition coefficient (Wildman–Crippen LogP) is 5.71. The van der Waals surface area contributed by atoms with E-state index in [0.717, 1.165) is 15.6 Å². The first-order valence-electron chi connectivity index (χ1n) is 9.48. The van der Waals surface area contributed by atoms with Crippen LogP contribution in [0.1, 0.15) is 10.8 Å². The number of thioether (sulfide) groups is 1. The van der Waals surface area contributed by atoms with E-state index in [9.17, 15) is 4.79 Å². The van der Waals surface area contributed by atoms with Gasteiger partial charge in [0.1, 0.15) is 11.0 Å². The maximum atomic E-state index is 13.2. The highest BCUT2D eigenvalue weighted by molar-refractivity contribution is 9.10. The Morgan fingerprint density at radius 2 is 1.84 bits per heavy atom. The fraction of sp³-hybridized carbons (Fsp3) is 0.0870. The molecule has 1 atom stereocenters. The van der Waals surface area contributed by atoms with Gasteiger partial charge < -0.3 is 10.1 Å². The minimum atomic E-state index is -0.532. The lowest BCUT2D eigenvalue weighted by molar-refractivity contribution is -0.115. The molecule has 8 heteroatoms. The van der Waals surface area contributed by atoms with Crippen molar-refractivity contribution in [2.75, 3.05) is 12.4 Å². The van der Waals surface area contributed by atoms with E-state index in [-0.39, 0.29) is 5.91 Å². The molecule has 156 valence electrons. The summed E-state index contributed by atoms with van der Waals surface area (Å²) in [5.74, 6) is 1.14. The smallest absolute Gasteiger partial charge is 0.242 e. The number of H-pyrrole nitrogens is 1. The Labute approximate surface area is 192 Å². The quantitative estimate of drug-likeness (QED) is 0.321. The van der Waals surface area contributed by atoms with Gasteiger partial charge in [0, 0.05) is 21.8 Å². The summed E-state index contributed by atoms with van der Waals surface area (Å²) in [6.07, 6.45) is 0. The van der Waals surface area contributed by atoms with Crippen molar-refractivity contribution in [2.24, 2.45) is 0 Å².